The van der Waals surface area contributed by atoms with E-state index < -0.39 is 0 Å². The third-order valence-electron chi connectivity index (χ3n) is 4.21. The van der Waals surface area contributed by atoms with E-state index >= 15 is 0 Å². The zero-order valence-electron chi connectivity index (χ0n) is 12.4. The molecule has 2 aromatic rings. The summed E-state index contributed by atoms with van der Waals surface area (Å²) in [5.74, 6) is 0. The molecule has 3 rings (SSSR count). The first kappa shape index (κ1) is 13.5. The highest BCUT2D eigenvalue weighted by Crippen LogP contribution is 2.27. The third-order valence-corrected chi connectivity index (χ3v) is 4.21. The minimum Gasteiger partial charge on any atom is -0.314 e. The molecule has 0 unspecified atom stereocenters. The molecule has 0 spiro atoms. The number of aromatic nitrogens is 1. The molecule has 1 fully saturated rings. The van der Waals surface area contributed by atoms with Gasteiger partial charge in [-0.2, -0.15) is 0 Å². The van der Waals surface area contributed by atoms with Gasteiger partial charge in [0.15, 0.2) is 0 Å². The highest BCUT2D eigenvalue weighted by Gasteiger charge is 2.25. The highest BCUT2D eigenvalue weighted by atomic mass is 15.2. The maximum absolute atomic E-state index is 4.40. The van der Waals surface area contributed by atoms with Gasteiger partial charge in [-0.15, -0.1) is 0 Å². The first-order chi connectivity index (χ1) is 9.65. The summed E-state index contributed by atoms with van der Waals surface area (Å²) >= 11 is 0. The second kappa shape index (κ2) is 5.51. The molecule has 0 aliphatic carbocycles. The van der Waals surface area contributed by atoms with Crippen LogP contribution in [0.2, 0.25) is 0 Å². The largest absolute Gasteiger partial charge is 0.314 e. The Morgan fingerprint density at radius 1 is 1.20 bits per heavy atom. The third kappa shape index (κ3) is 2.84. The van der Waals surface area contributed by atoms with Crippen molar-refractivity contribution >= 4 is 10.9 Å². The Hall–Kier alpha value is -1.45. The lowest BCUT2D eigenvalue weighted by Gasteiger charge is -2.35. The van der Waals surface area contributed by atoms with E-state index in [0.29, 0.717) is 0 Å². The van der Waals surface area contributed by atoms with E-state index in [0.717, 1.165) is 38.2 Å². The van der Waals surface area contributed by atoms with Crippen LogP contribution < -0.4 is 5.32 Å². The number of benzene rings is 1. The van der Waals surface area contributed by atoms with Crippen molar-refractivity contribution in [1.29, 1.82) is 0 Å². The zero-order chi connectivity index (χ0) is 14.0. The van der Waals surface area contributed by atoms with E-state index in [-0.39, 0.29) is 5.41 Å². The molecule has 0 radical (unpaired) electrons. The lowest BCUT2D eigenvalue weighted by molar-refractivity contribution is 0.200. The fourth-order valence-electron chi connectivity index (χ4n) is 3.02. The summed E-state index contributed by atoms with van der Waals surface area (Å²) in [4.78, 5) is 6.96. The molecule has 1 aromatic carbocycles. The summed E-state index contributed by atoms with van der Waals surface area (Å²) in [5.41, 5.74) is 2.65. The van der Waals surface area contributed by atoms with Crippen molar-refractivity contribution in [2.75, 3.05) is 32.7 Å². The fraction of sp³-hybridized carbons (Fsp3) is 0.471. The molecule has 1 saturated heterocycles. The number of pyridine rings is 1. The van der Waals surface area contributed by atoms with E-state index in [2.05, 4.69) is 53.3 Å². The number of fused-ring (bicyclic) bond motifs is 1. The Morgan fingerprint density at radius 2 is 2.00 bits per heavy atom. The van der Waals surface area contributed by atoms with Gasteiger partial charge in [0.2, 0.25) is 0 Å². The Labute approximate surface area is 121 Å². The van der Waals surface area contributed by atoms with Crippen LogP contribution in [0.5, 0.6) is 0 Å². The SMILES string of the molecule is CC(C)(CN1CCNCC1)c1ccc2ncccc2c1. The number of rotatable bonds is 3. The number of nitrogens with one attached hydrogen (secondary N) is 1. The van der Waals surface area contributed by atoms with Gasteiger partial charge in [-0.3, -0.25) is 9.88 Å². The standard InChI is InChI=1S/C17H23N3/c1-17(2,13-20-10-8-18-9-11-20)15-5-6-16-14(12-15)4-3-7-19-16/h3-7,12,18H,8-11,13H2,1-2H3. The highest BCUT2D eigenvalue weighted by molar-refractivity contribution is 5.79. The number of nitrogens with zero attached hydrogens (tertiary/aromatic N) is 2. The molecular formula is C17H23N3. The monoisotopic (exact) mass is 269 g/mol. The average molecular weight is 269 g/mol. The maximum atomic E-state index is 4.40. The van der Waals surface area contributed by atoms with Crippen LogP contribution in [0.4, 0.5) is 0 Å². The van der Waals surface area contributed by atoms with Gasteiger partial charge in [-0.05, 0) is 23.8 Å². The van der Waals surface area contributed by atoms with Gasteiger partial charge in [0.1, 0.15) is 0 Å². The quantitative estimate of drug-likeness (QED) is 0.927. The molecule has 3 heteroatoms. The van der Waals surface area contributed by atoms with Crippen molar-refractivity contribution in [1.82, 2.24) is 15.2 Å². The van der Waals surface area contributed by atoms with Gasteiger partial charge >= 0.3 is 0 Å². The van der Waals surface area contributed by atoms with Crippen LogP contribution in [0.25, 0.3) is 10.9 Å². The predicted octanol–water partition coefficient (Wildman–Crippen LogP) is 2.42. The van der Waals surface area contributed by atoms with E-state index in [1.807, 2.05) is 12.3 Å². The Morgan fingerprint density at radius 3 is 2.80 bits per heavy atom. The van der Waals surface area contributed by atoms with E-state index in [9.17, 15) is 0 Å². The van der Waals surface area contributed by atoms with Crippen molar-refractivity contribution in [3.63, 3.8) is 0 Å². The Balaban J connectivity index is 1.83. The Kier molecular flexibility index (Phi) is 3.72. The molecular weight excluding hydrogens is 246 g/mol. The van der Waals surface area contributed by atoms with Crippen LogP contribution in [0.15, 0.2) is 36.5 Å². The molecule has 1 N–H and O–H groups in total. The van der Waals surface area contributed by atoms with Crippen molar-refractivity contribution < 1.29 is 0 Å². The van der Waals surface area contributed by atoms with Gasteiger partial charge in [0.25, 0.3) is 0 Å². The number of hydrogen-bond acceptors (Lipinski definition) is 3. The van der Waals surface area contributed by atoms with Crippen molar-refractivity contribution in [2.45, 2.75) is 19.3 Å². The molecule has 0 amide bonds. The van der Waals surface area contributed by atoms with Crippen LogP contribution >= 0.6 is 0 Å². The molecule has 1 aliphatic rings. The van der Waals surface area contributed by atoms with Crippen LogP contribution in [-0.2, 0) is 5.41 Å². The molecule has 0 atom stereocenters. The zero-order valence-corrected chi connectivity index (χ0v) is 12.4. The molecule has 20 heavy (non-hydrogen) atoms. The lowest BCUT2D eigenvalue weighted by Crippen LogP contribution is -2.47. The predicted molar refractivity (Wildman–Crippen MR) is 84.1 cm³/mol. The van der Waals surface area contributed by atoms with Crippen LogP contribution in [-0.4, -0.2) is 42.6 Å². The smallest absolute Gasteiger partial charge is 0.0702 e. The van der Waals surface area contributed by atoms with Crippen LogP contribution in [0.1, 0.15) is 19.4 Å². The van der Waals surface area contributed by atoms with E-state index in [1.165, 1.54) is 10.9 Å². The van der Waals surface area contributed by atoms with E-state index in [4.69, 9.17) is 0 Å². The minimum atomic E-state index is 0.168. The summed E-state index contributed by atoms with van der Waals surface area (Å²) in [6.45, 7) is 10.3. The molecule has 3 nitrogen and oxygen atoms in total. The number of hydrogen-bond donors (Lipinski definition) is 1. The van der Waals surface area contributed by atoms with Gasteiger partial charge in [0, 0.05) is 49.7 Å². The van der Waals surface area contributed by atoms with Gasteiger partial charge < -0.3 is 5.32 Å². The molecule has 2 heterocycles. The second-order valence-electron chi connectivity index (χ2n) is 6.32. The Bertz CT molecular complexity index is 586. The lowest BCUT2D eigenvalue weighted by atomic mass is 9.83. The molecule has 1 aromatic heterocycles. The van der Waals surface area contributed by atoms with Crippen molar-refractivity contribution in [2.24, 2.45) is 0 Å². The summed E-state index contributed by atoms with van der Waals surface area (Å²) in [7, 11) is 0. The summed E-state index contributed by atoms with van der Waals surface area (Å²) in [5, 5.41) is 4.65. The molecule has 106 valence electrons. The molecule has 0 bridgehead atoms. The van der Waals surface area contributed by atoms with Crippen LogP contribution in [0.3, 0.4) is 0 Å². The second-order valence-corrected chi connectivity index (χ2v) is 6.32. The first-order valence-corrected chi connectivity index (χ1v) is 7.43. The van der Waals surface area contributed by atoms with Gasteiger partial charge in [-0.1, -0.05) is 26.0 Å². The van der Waals surface area contributed by atoms with Crippen LogP contribution in [0, 0.1) is 0 Å². The summed E-state index contributed by atoms with van der Waals surface area (Å²) in [6.07, 6.45) is 1.86. The average Bonchev–Trinajstić information content (AvgIpc) is 2.47. The van der Waals surface area contributed by atoms with Crippen molar-refractivity contribution in [3.05, 3.63) is 42.1 Å². The topological polar surface area (TPSA) is 28.2 Å². The van der Waals surface area contributed by atoms with Gasteiger partial charge in [0.05, 0.1) is 5.52 Å². The summed E-state index contributed by atoms with van der Waals surface area (Å²) in [6, 6.07) is 10.8. The first-order valence-electron chi connectivity index (χ1n) is 7.43. The minimum absolute atomic E-state index is 0.168. The van der Waals surface area contributed by atoms with Crippen molar-refractivity contribution in [3.8, 4) is 0 Å². The maximum Gasteiger partial charge on any atom is 0.0702 e. The normalized spacial score (nSPS) is 17.5. The van der Waals surface area contributed by atoms with E-state index in [1.54, 1.807) is 0 Å². The number of piperazine rings is 1. The fourth-order valence-corrected chi connectivity index (χ4v) is 3.02. The van der Waals surface area contributed by atoms with Gasteiger partial charge in [-0.25, -0.2) is 0 Å². The summed E-state index contributed by atoms with van der Waals surface area (Å²) < 4.78 is 0. The molecule has 0 saturated carbocycles. The molecule has 1 aliphatic heterocycles.